The van der Waals surface area contributed by atoms with Gasteiger partial charge in [-0.3, -0.25) is 14.5 Å². The number of imide groups is 1. The standard InChI is InChI=1S/C35H38N2O5S/c1-3-42-30-20-28-31(35(39)37(34(28)38)24-12-5-4-6-13-24)29-21-36(43(40,41)25-18-16-22(2)17-19-25)33(32(29)30)27-15-9-11-23-10-7-8-14-26(23)27/h7-11,14-19,24,28-29,31,33H,3-6,12-13,20-21H2,1-2H3/t28-,29-,31-,33-/m0/s1. The largest absolute Gasteiger partial charge is 0.498 e. The number of rotatable bonds is 6. The highest BCUT2D eigenvalue weighted by molar-refractivity contribution is 7.89. The highest BCUT2D eigenvalue weighted by atomic mass is 32.2. The summed E-state index contributed by atoms with van der Waals surface area (Å²) in [6.07, 6.45) is 5.15. The molecule has 43 heavy (non-hydrogen) atoms. The van der Waals surface area contributed by atoms with Crippen molar-refractivity contribution in [3.8, 4) is 0 Å². The Morgan fingerprint density at radius 2 is 1.58 bits per heavy atom. The average molecular weight is 599 g/mol. The number of ether oxygens (including phenoxy) is 1. The van der Waals surface area contributed by atoms with E-state index in [1.165, 1.54) is 0 Å². The third-order valence-corrected chi connectivity index (χ3v) is 11.9. The highest BCUT2D eigenvalue weighted by Crippen LogP contribution is 2.56. The molecule has 2 aliphatic heterocycles. The number of carbonyl (C=O) groups excluding carboxylic acids is 2. The minimum atomic E-state index is -3.98. The summed E-state index contributed by atoms with van der Waals surface area (Å²) in [7, 11) is -3.98. The molecule has 0 radical (unpaired) electrons. The fraction of sp³-hybridized carbons (Fsp3) is 0.429. The number of benzene rings is 3. The number of hydrogen-bond acceptors (Lipinski definition) is 5. The van der Waals surface area contributed by atoms with Crippen molar-refractivity contribution in [1.82, 2.24) is 9.21 Å². The van der Waals surface area contributed by atoms with E-state index in [9.17, 15) is 18.0 Å². The smallest absolute Gasteiger partial charge is 0.243 e. The van der Waals surface area contributed by atoms with Crippen LogP contribution in [0.5, 0.6) is 0 Å². The number of sulfonamides is 1. The average Bonchev–Trinajstić information content (AvgIpc) is 3.53. The Balaban J connectivity index is 1.41. The fourth-order valence-corrected chi connectivity index (χ4v) is 9.70. The summed E-state index contributed by atoms with van der Waals surface area (Å²) in [6, 6.07) is 20.2. The predicted molar refractivity (Wildman–Crippen MR) is 164 cm³/mol. The first kappa shape index (κ1) is 28.3. The van der Waals surface area contributed by atoms with Gasteiger partial charge >= 0.3 is 0 Å². The molecule has 1 saturated carbocycles. The van der Waals surface area contributed by atoms with Crippen LogP contribution in [0, 0.1) is 24.7 Å². The van der Waals surface area contributed by atoms with E-state index < -0.39 is 33.8 Å². The van der Waals surface area contributed by atoms with Crippen LogP contribution in [0.25, 0.3) is 10.8 Å². The maximum atomic E-state index is 14.5. The molecule has 4 aliphatic rings. The third-order valence-electron chi connectivity index (χ3n) is 10.0. The number of likely N-dealkylation sites (tertiary alicyclic amines) is 1. The zero-order valence-electron chi connectivity index (χ0n) is 24.7. The zero-order valence-corrected chi connectivity index (χ0v) is 25.6. The van der Waals surface area contributed by atoms with Gasteiger partial charge in [-0.25, -0.2) is 8.42 Å². The van der Waals surface area contributed by atoms with Crippen molar-refractivity contribution >= 4 is 32.6 Å². The van der Waals surface area contributed by atoms with Gasteiger partial charge in [-0.15, -0.1) is 0 Å². The monoisotopic (exact) mass is 598 g/mol. The normalized spacial score (nSPS) is 26.7. The van der Waals surface area contributed by atoms with E-state index in [0.717, 1.165) is 59.6 Å². The summed E-state index contributed by atoms with van der Waals surface area (Å²) in [4.78, 5) is 30.0. The van der Waals surface area contributed by atoms with Crippen molar-refractivity contribution in [2.75, 3.05) is 13.2 Å². The van der Waals surface area contributed by atoms with Crippen molar-refractivity contribution in [2.45, 2.75) is 69.4 Å². The van der Waals surface area contributed by atoms with E-state index >= 15 is 0 Å². The third kappa shape index (κ3) is 4.52. The second kappa shape index (κ2) is 10.9. The van der Waals surface area contributed by atoms with E-state index in [2.05, 4.69) is 0 Å². The van der Waals surface area contributed by atoms with Gasteiger partial charge < -0.3 is 4.74 Å². The molecule has 2 saturated heterocycles. The summed E-state index contributed by atoms with van der Waals surface area (Å²) in [5.41, 5.74) is 2.67. The number of allylic oxidation sites excluding steroid dienone is 1. The lowest BCUT2D eigenvalue weighted by molar-refractivity contribution is -0.143. The van der Waals surface area contributed by atoms with Crippen molar-refractivity contribution in [1.29, 1.82) is 0 Å². The molecule has 224 valence electrons. The van der Waals surface area contributed by atoms with Gasteiger partial charge in [-0.1, -0.05) is 79.4 Å². The Morgan fingerprint density at radius 3 is 2.33 bits per heavy atom. The molecule has 3 aromatic carbocycles. The molecule has 8 heteroatoms. The maximum absolute atomic E-state index is 14.5. The lowest BCUT2D eigenvalue weighted by Gasteiger charge is -2.32. The Labute approximate surface area is 253 Å². The summed E-state index contributed by atoms with van der Waals surface area (Å²) in [5, 5.41) is 1.97. The number of aryl methyl sites for hydroxylation is 1. The minimum Gasteiger partial charge on any atom is -0.498 e. The lowest BCUT2D eigenvalue weighted by atomic mass is 9.71. The molecule has 2 heterocycles. The fourth-order valence-electron chi connectivity index (χ4n) is 8.09. The van der Waals surface area contributed by atoms with Crippen LogP contribution in [0.4, 0.5) is 0 Å². The number of nitrogens with zero attached hydrogens (tertiary/aromatic N) is 2. The van der Waals surface area contributed by atoms with E-state index in [4.69, 9.17) is 4.74 Å². The van der Waals surface area contributed by atoms with Crippen LogP contribution >= 0.6 is 0 Å². The molecular formula is C35H38N2O5S. The zero-order chi connectivity index (χ0) is 29.9. The van der Waals surface area contributed by atoms with Crippen LogP contribution in [0.3, 0.4) is 0 Å². The predicted octanol–water partition coefficient (Wildman–Crippen LogP) is 6.14. The molecule has 0 unspecified atom stereocenters. The molecular weight excluding hydrogens is 560 g/mol. The molecule has 2 aliphatic carbocycles. The Bertz CT molecular complexity index is 1720. The summed E-state index contributed by atoms with van der Waals surface area (Å²) < 4.78 is 36.9. The lowest BCUT2D eigenvalue weighted by Crippen LogP contribution is -2.42. The molecule has 2 amide bonds. The van der Waals surface area contributed by atoms with Crippen molar-refractivity contribution in [3.63, 3.8) is 0 Å². The Hall–Kier alpha value is -3.49. The van der Waals surface area contributed by atoms with Gasteiger partial charge in [0.1, 0.15) is 0 Å². The molecule has 3 fully saturated rings. The van der Waals surface area contributed by atoms with E-state index in [0.29, 0.717) is 18.8 Å². The first-order chi connectivity index (χ1) is 20.8. The summed E-state index contributed by atoms with van der Waals surface area (Å²) in [6.45, 7) is 4.35. The van der Waals surface area contributed by atoms with Crippen LogP contribution in [0.1, 0.15) is 62.6 Å². The van der Waals surface area contributed by atoms with E-state index in [-0.39, 0.29) is 29.3 Å². The van der Waals surface area contributed by atoms with E-state index in [1.807, 2.05) is 68.4 Å². The second-order valence-corrected chi connectivity index (χ2v) is 14.3. The Kier molecular flexibility index (Phi) is 7.17. The minimum absolute atomic E-state index is 0.0685. The molecule has 0 N–H and O–H groups in total. The molecule has 7 rings (SSSR count). The number of carbonyl (C=O) groups is 2. The quantitative estimate of drug-likeness (QED) is 0.319. The van der Waals surface area contributed by atoms with E-state index in [1.54, 1.807) is 21.3 Å². The first-order valence-corrected chi connectivity index (χ1v) is 17.0. The van der Waals surface area contributed by atoms with Gasteiger partial charge in [0.05, 0.1) is 35.1 Å². The Morgan fingerprint density at radius 1 is 0.860 bits per heavy atom. The van der Waals surface area contributed by atoms with Gasteiger partial charge in [0.2, 0.25) is 21.8 Å². The molecule has 0 aromatic heterocycles. The number of fused-ring (bicyclic) bond motifs is 4. The van der Waals surface area contributed by atoms with Crippen LogP contribution in [-0.4, -0.2) is 48.6 Å². The summed E-state index contributed by atoms with van der Waals surface area (Å²) >= 11 is 0. The molecule has 3 aromatic rings. The summed E-state index contributed by atoms with van der Waals surface area (Å²) in [5.74, 6) is -1.15. The number of hydrogen-bond donors (Lipinski definition) is 0. The number of amides is 2. The highest BCUT2D eigenvalue weighted by Gasteiger charge is 2.61. The topological polar surface area (TPSA) is 84.0 Å². The first-order valence-electron chi connectivity index (χ1n) is 15.6. The van der Waals surface area contributed by atoms with Gasteiger partial charge in [0.15, 0.2) is 0 Å². The van der Waals surface area contributed by atoms with Gasteiger partial charge in [0.25, 0.3) is 0 Å². The van der Waals surface area contributed by atoms with Crippen molar-refractivity contribution in [2.24, 2.45) is 17.8 Å². The van der Waals surface area contributed by atoms with Gasteiger partial charge in [0, 0.05) is 24.9 Å². The van der Waals surface area contributed by atoms with Crippen LogP contribution in [0.15, 0.2) is 83.0 Å². The maximum Gasteiger partial charge on any atom is 0.243 e. The van der Waals surface area contributed by atoms with Gasteiger partial charge in [-0.2, -0.15) is 4.31 Å². The van der Waals surface area contributed by atoms with Crippen molar-refractivity contribution < 1.29 is 22.7 Å². The van der Waals surface area contributed by atoms with Crippen LogP contribution < -0.4 is 0 Å². The molecule has 0 bridgehead atoms. The van der Waals surface area contributed by atoms with Gasteiger partial charge in [-0.05, 0) is 60.7 Å². The van der Waals surface area contributed by atoms with Crippen molar-refractivity contribution in [3.05, 3.63) is 89.2 Å². The molecule has 4 atom stereocenters. The SMILES string of the molecule is CCOC1=C2[C@@H](CN(S(=O)(=O)c3ccc(C)cc3)[C@H]2c2cccc3ccccc23)[C@H]2C(=O)N(C3CCCCC3)C(=O)[C@H]2C1. The van der Waals surface area contributed by atoms with Crippen LogP contribution in [-0.2, 0) is 24.3 Å². The molecule has 0 spiro atoms. The van der Waals surface area contributed by atoms with Crippen LogP contribution in [0.2, 0.25) is 0 Å². The second-order valence-electron chi connectivity index (χ2n) is 12.5. The molecule has 7 nitrogen and oxygen atoms in total.